The Morgan fingerprint density at radius 3 is 2.65 bits per heavy atom. The van der Waals surface area contributed by atoms with E-state index in [0.29, 0.717) is 19.0 Å². The third-order valence-corrected chi connectivity index (χ3v) is 4.81. The van der Waals surface area contributed by atoms with E-state index in [9.17, 15) is 4.79 Å². The number of amides is 1. The van der Waals surface area contributed by atoms with Crippen LogP contribution in [-0.2, 0) is 4.79 Å². The van der Waals surface area contributed by atoms with Crippen LogP contribution in [0, 0.1) is 0 Å². The minimum absolute atomic E-state index is 0.173. The van der Waals surface area contributed by atoms with Crippen molar-refractivity contribution in [3.63, 3.8) is 0 Å². The number of carbonyl (C=O) groups is 1. The van der Waals surface area contributed by atoms with Gasteiger partial charge in [-0.3, -0.25) is 9.69 Å². The Hall–Kier alpha value is -1.39. The number of nitrogens with one attached hydrogen (secondary N) is 2. The summed E-state index contributed by atoms with van der Waals surface area (Å²) in [6, 6.07) is 11.3. The summed E-state index contributed by atoms with van der Waals surface area (Å²) in [5.74, 6) is 0.173. The van der Waals surface area contributed by atoms with E-state index in [-0.39, 0.29) is 11.9 Å². The van der Waals surface area contributed by atoms with E-state index >= 15 is 0 Å². The minimum atomic E-state index is 0.173. The van der Waals surface area contributed by atoms with Gasteiger partial charge in [0.15, 0.2) is 0 Å². The maximum Gasteiger partial charge on any atom is 0.220 e. The molecule has 1 aliphatic rings. The summed E-state index contributed by atoms with van der Waals surface area (Å²) in [6.07, 6.45) is 4.02. The second-order valence-corrected chi connectivity index (χ2v) is 6.28. The predicted molar refractivity (Wildman–Crippen MR) is 95.4 cm³/mol. The van der Waals surface area contributed by atoms with Gasteiger partial charge in [0, 0.05) is 19.0 Å². The highest BCUT2D eigenvalue weighted by Crippen LogP contribution is 2.19. The molecule has 1 saturated heterocycles. The molecule has 0 spiro atoms. The molecule has 0 radical (unpaired) electrons. The number of hydrogen-bond donors (Lipinski definition) is 2. The Morgan fingerprint density at radius 1 is 1.30 bits per heavy atom. The monoisotopic (exact) mass is 317 g/mol. The lowest BCUT2D eigenvalue weighted by Gasteiger charge is -2.30. The Bertz CT molecular complexity index is 453. The van der Waals surface area contributed by atoms with Crippen molar-refractivity contribution in [2.75, 3.05) is 26.2 Å². The lowest BCUT2D eigenvalue weighted by atomic mass is 10.0. The van der Waals surface area contributed by atoms with Crippen LogP contribution in [0.2, 0.25) is 0 Å². The molecule has 1 fully saturated rings. The topological polar surface area (TPSA) is 44.4 Å². The predicted octanol–water partition coefficient (Wildman–Crippen LogP) is 2.72. The molecule has 0 aromatic heterocycles. The van der Waals surface area contributed by atoms with Gasteiger partial charge in [-0.25, -0.2) is 0 Å². The maximum atomic E-state index is 12.2. The second-order valence-electron chi connectivity index (χ2n) is 6.28. The molecular formula is C19H31N3O. The summed E-state index contributed by atoms with van der Waals surface area (Å²) in [7, 11) is 0. The minimum Gasteiger partial charge on any atom is -0.354 e. The molecule has 1 heterocycles. The molecule has 1 aromatic rings. The fraction of sp³-hybridized carbons (Fsp3) is 0.632. The molecule has 0 bridgehead atoms. The average molecular weight is 317 g/mol. The lowest BCUT2D eigenvalue weighted by molar-refractivity contribution is -0.121. The van der Waals surface area contributed by atoms with Crippen LogP contribution in [0.4, 0.5) is 0 Å². The van der Waals surface area contributed by atoms with Crippen LogP contribution >= 0.6 is 0 Å². The van der Waals surface area contributed by atoms with Gasteiger partial charge in [-0.2, -0.15) is 0 Å². The van der Waals surface area contributed by atoms with Gasteiger partial charge < -0.3 is 10.6 Å². The third-order valence-electron chi connectivity index (χ3n) is 4.81. The quantitative estimate of drug-likeness (QED) is 0.736. The normalized spacial score (nSPS) is 19.0. The van der Waals surface area contributed by atoms with Crippen LogP contribution < -0.4 is 10.6 Å². The van der Waals surface area contributed by atoms with Crippen molar-refractivity contribution in [3.05, 3.63) is 35.9 Å². The zero-order chi connectivity index (χ0) is 16.5. The molecule has 2 atom stereocenters. The van der Waals surface area contributed by atoms with Crippen molar-refractivity contribution in [1.82, 2.24) is 15.5 Å². The zero-order valence-electron chi connectivity index (χ0n) is 14.6. The van der Waals surface area contributed by atoms with E-state index < -0.39 is 0 Å². The fourth-order valence-corrected chi connectivity index (χ4v) is 3.40. The van der Waals surface area contributed by atoms with Crippen molar-refractivity contribution in [1.29, 1.82) is 0 Å². The molecule has 0 aliphatic carbocycles. The first kappa shape index (κ1) is 18.0. The zero-order valence-corrected chi connectivity index (χ0v) is 14.6. The number of benzene rings is 1. The molecule has 4 heteroatoms. The van der Waals surface area contributed by atoms with Crippen LogP contribution in [0.5, 0.6) is 0 Å². The van der Waals surface area contributed by atoms with Gasteiger partial charge >= 0.3 is 0 Å². The van der Waals surface area contributed by atoms with E-state index in [2.05, 4.69) is 53.6 Å². The van der Waals surface area contributed by atoms with Crippen LogP contribution in [0.1, 0.15) is 51.1 Å². The molecule has 2 N–H and O–H groups in total. The smallest absolute Gasteiger partial charge is 0.220 e. The molecule has 2 unspecified atom stereocenters. The summed E-state index contributed by atoms with van der Waals surface area (Å²) in [5.41, 5.74) is 1.27. The maximum absolute atomic E-state index is 12.2. The standard InChI is InChI=1S/C19H31N3O/c1-3-22(4-2)18(16-9-6-5-7-10-16)15-21-19(23)13-12-17-11-8-14-20-17/h5-7,9-10,17-18,20H,3-4,8,11-15H2,1-2H3,(H,21,23). The summed E-state index contributed by atoms with van der Waals surface area (Å²) in [5, 5.41) is 6.60. The fourth-order valence-electron chi connectivity index (χ4n) is 3.40. The Morgan fingerprint density at radius 2 is 2.04 bits per heavy atom. The van der Waals surface area contributed by atoms with Gasteiger partial charge in [-0.15, -0.1) is 0 Å². The SMILES string of the molecule is CCN(CC)C(CNC(=O)CCC1CCCN1)c1ccccc1. The summed E-state index contributed by atoms with van der Waals surface area (Å²) in [6.45, 7) is 8.10. The van der Waals surface area contributed by atoms with Crippen LogP contribution in [-0.4, -0.2) is 43.0 Å². The Kier molecular flexibility index (Phi) is 7.56. The summed E-state index contributed by atoms with van der Waals surface area (Å²) < 4.78 is 0. The summed E-state index contributed by atoms with van der Waals surface area (Å²) >= 11 is 0. The van der Waals surface area contributed by atoms with Gasteiger partial charge in [-0.1, -0.05) is 44.2 Å². The van der Waals surface area contributed by atoms with Crippen LogP contribution in [0.15, 0.2) is 30.3 Å². The van der Waals surface area contributed by atoms with Gasteiger partial charge in [0.2, 0.25) is 5.91 Å². The van der Waals surface area contributed by atoms with E-state index in [1.54, 1.807) is 0 Å². The van der Waals surface area contributed by atoms with E-state index in [0.717, 1.165) is 26.1 Å². The largest absolute Gasteiger partial charge is 0.354 e. The number of likely N-dealkylation sites (N-methyl/N-ethyl adjacent to an activating group) is 1. The van der Waals surface area contributed by atoms with Crippen molar-refractivity contribution in [2.45, 2.75) is 51.6 Å². The van der Waals surface area contributed by atoms with Gasteiger partial charge in [0.25, 0.3) is 0 Å². The molecule has 2 rings (SSSR count). The Labute approximate surface area is 140 Å². The second kappa shape index (κ2) is 9.68. The first-order chi connectivity index (χ1) is 11.2. The van der Waals surface area contributed by atoms with Crippen molar-refractivity contribution in [2.24, 2.45) is 0 Å². The van der Waals surface area contributed by atoms with Gasteiger partial charge in [0.1, 0.15) is 0 Å². The highest BCUT2D eigenvalue weighted by Gasteiger charge is 2.19. The lowest BCUT2D eigenvalue weighted by Crippen LogP contribution is -2.38. The first-order valence-electron chi connectivity index (χ1n) is 9.03. The van der Waals surface area contributed by atoms with Crippen molar-refractivity contribution >= 4 is 5.91 Å². The number of rotatable bonds is 9. The van der Waals surface area contributed by atoms with Crippen molar-refractivity contribution < 1.29 is 4.79 Å². The Balaban J connectivity index is 1.86. The highest BCUT2D eigenvalue weighted by atomic mass is 16.1. The molecule has 1 aromatic carbocycles. The summed E-state index contributed by atoms with van der Waals surface area (Å²) in [4.78, 5) is 14.6. The first-order valence-corrected chi connectivity index (χ1v) is 9.03. The van der Waals surface area contributed by atoms with Crippen LogP contribution in [0.25, 0.3) is 0 Å². The number of hydrogen-bond acceptors (Lipinski definition) is 3. The molecular weight excluding hydrogens is 286 g/mol. The molecule has 1 aliphatic heterocycles. The molecule has 4 nitrogen and oxygen atoms in total. The highest BCUT2D eigenvalue weighted by molar-refractivity contribution is 5.75. The molecule has 128 valence electrons. The van der Waals surface area contributed by atoms with Crippen molar-refractivity contribution in [3.8, 4) is 0 Å². The molecule has 0 saturated carbocycles. The van der Waals surface area contributed by atoms with E-state index in [1.807, 2.05) is 6.07 Å². The van der Waals surface area contributed by atoms with Gasteiger partial charge in [-0.05, 0) is 44.5 Å². The third kappa shape index (κ3) is 5.63. The number of nitrogens with zero attached hydrogens (tertiary/aromatic N) is 1. The van der Waals surface area contributed by atoms with Gasteiger partial charge in [0.05, 0.1) is 6.04 Å². The number of carbonyl (C=O) groups excluding carboxylic acids is 1. The molecule has 23 heavy (non-hydrogen) atoms. The molecule has 1 amide bonds. The average Bonchev–Trinajstić information content (AvgIpc) is 3.11. The van der Waals surface area contributed by atoms with Crippen LogP contribution in [0.3, 0.4) is 0 Å². The van der Waals surface area contributed by atoms with E-state index in [1.165, 1.54) is 18.4 Å². The van der Waals surface area contributed by atoms with E-state index in [4.69, 9.17) is 0 Å².